The van der Waals surface area contributed by atoms with Crippen LogP contribution in [0.2, 0.25) is 0 Å². The van der Waals surface area contributed by atoms with Gasteiger partial charge < -0.3 is 10.4 Å². The number of aliphatic hydroxyl groups excluding tert-OH is 1. The standard InChI is InChI=1S/C11H18BrN3O2/c1-4-7(5-16)13-11(17)10-8(12)9(6(2)3)14-15-10/h6-7,16H,4-5H2,1-3H3,(H,13,17)(H,14,15). The van der Waals surface area contributed by atoms with E-state index in [1.54, 1.807) is 0 Å². The first-order valence-corrected chi connectivity index (χ1v) is 6.46. The van der Waals surface area contributed by atoms with Gasteiger partial charge in [-0.1, -0.05) is 20.8 Å². The third-order valence-electron chi connectivity index (χ3n) is 2.57. The molecule has 1 unspecified atom stereocenters. The zero-order valence-electron chi connectivity index (χ0n) is 10.2. The van der Waals surface area contributed by atoms with Crippen LogP contribution in [-0.4, -0.2) is 33.9 Å². The van der Waals surface area contributed by atoms with Gasteiger partial charge >= 0.3 is 0 Å². The van der Waals surface area contributed by atoms with Crippen molar-refractivity contribution in [1.29, 1.82) is 0 Å². The Bertz CT molecular complexity index is 386. The van der Waals surface area contributed by atoms with Crippen molar-refractivity contribution in [1.82, 2.24) is 15.5 Å². The summed E-state index contributed by atoms with van der Waals surface area (Å²) in [7, 11) is 0. The van der Waals surface area contributed by atoms with Crippen LogP contribution in [-0.2, 0) is 0 Å². The van der Waals surface area contributed by atoms with Crippen molar-refractivity contribution in [2.75, 3.05) is 6.61 Å². The lowest BCUT2D eigenvalue weighted by atomic mass is 10.1. The molecule has 96 valence electrons. The van der Waals surface area contributed by atoms with E-state index in [9.17, 15) is 4.79 Å². The molecule has 5 nitrogen and oxygen atoms in total. The average molecular weight is 304 g/mol. The fraction of sp³-hybridized carbons (Fsp3) is 0.636. The summed E-state index contributed by atoms with van der Waals surface area (Å²) in [5.41, 5.74) is 1.23. The molecule has 1 aromatic rings. The number of carbonyl (C=O) groups is 1. The van der Waals surface area contributed by atoms with Crippen molar-refractivity contribution >= 4 is 21.8 Å². The van der Waals surface area contributed by atoms with E-state index in [1.807, 2.05) is 20.8 Å². The van der Waals surface area contributed by atoms with Gasteiger partial charge in [-0.15, -0.1) is 0 Å². The van der Waals surface area contributed by atoms with Crippen LogP contribution in [0.1, 0.15) is 49.3 Å². The molecule has 0 aliphatic carbocycles. The van der Waals surface area contributed by atoms with Gasteiger partial charge in [0.25, 0.3) is 5.91 Å². The highest BCUT2D eigenvalue weighted by Crippen LogP contribution is 2.25. The highest BCUT2D eigenvalue weighted by Gasteiger charge is 2.20. The maximum atomic E-state index is 11.9. The van der Waals surface area contributed by atoms with Crippen molar-refractivity contribution in [2.24, 2.45) is 0 Å². The Hall–Kier alpha value is -0.880. The van der Waals surface area contributed by atoms with Crippen molar-refractivity contribution < 1.29 is 9.90 Å². The van der Waals surface area contributed by atoms with Crippen LogP contribution in [0.4, 0.5) is 0 Å². The number of aliphatic hydroxyl groups is 1. The number of hydrogen-bond donors (Lipinski definition) is 3. The minimum Gasteiger partial charge on any atom is -0.394 e. The van der Waals surface area contributed by atoms with Gasteiger partial charge in [0.15, 0.2) is 5.69 Å². The summed E-state index contributed by atoms with van der Waals surface area (Å²) in [6.45, 7) is 5.87. The van der Waals surface area contributed by atoms with Gasteiger partial charge in [-0.05, 0) is 28.3 Å². The van der Waals surface area contributed by atoms with E-state index in [0.29, 0.717) is 16.6 Å². The Morgan fingerprint density at radius 2 is 2.24 bits per heavy atom. The monoisotopic (exact) mass is 303 g/mol. The number of halogens is 1. The Morgan fingerprint density at radius 1 is 1.59 bits per heavy atom. The zero-order valence-corrected chi connectivity index (χ0v) is 11.8. The predicted molar refractivity (Wildman–Crippen MR) is 69.0 cm³/mol. The Kier molecular flexibility index (Phi) is 5.14. The predicted octanol–water partition coefficient (Wildman–Crippen LogP) is 1.80. The molecule has 1 atom stereocenters. The van der Waals surface area contributed by atoms with E-state index in [1.165, 1.54) is 0 Å². The molecule has 0 spiro atoms. The highest BCUT2D eigenvalue weighted by atomic mass is 79.9. The maximum absolute atomic E-state index is 11.9. The summed E-state index contributed by atoms with van der Waals surface area (Å²) in [4.78, 5) is 11.9. The molecule has 0 radical (unpaired) electrons. The molecule has 3 N–H and O–H groups in total. The van der Waals surface area contributed by atoms with Crippen LogP contribution >= 0.6 is 15.9 Å². The fourth-order valence-corrected chi connectivity index (χ4v) is 2.22. The molecule has 1 rings (SSSR count). The van der Waals surface area contributed by atoms with Crippen LogP contribution in [0.3, 0.4) is 0 Å². The maximum Gasteiger partial charge on any atom is 0.273 e. The fourth-order valence-electron chi connectivity index (χ4n) is 1.41. The van der Waals surface area contributed by atoms with Crippen molar-refractivity contribution in [3.8, 4) is 0 Å². The number of carbonyl (C=O) groups excluding carboxylic acids is 1. The van der Waals surface area contributed by atoms with Crippen LogP contribution < -0.4 is 5.32 Å². The minimum atomic E-state index is -0.277. The van der Waals surface area contributed by atoms with Gasteiger partial charge in [-0.25, -0.2) is 0 Å². The molecule has 0 aromatic carbocycles. The normalized spacial score (nSPS) is 12.8. The average Bonchev–Trinajstić information content (AvgIpc) is 2.67. The van der Waals surface area contributed by atoms with Crippen LogP contribution in [0.5, 0.6) is 0 Å². The van der Waals surface area contributed by atoms with Gasteiger partial charge in [0.1, 0.15) is 0 Å². The van der Waals surface area contributed by atoms with E-state index in [2.05, 4.69) is 31.4 Å². The Morgan fingerprint density at radius 3 is 2.65 bits per heavy atom. The second-order valence-electron chi connectivity index (χ2n) is 4.22. The van der Waals surface area contributed by atoms with Crippen LogP contribution in [0, 0.1) is 0 Å². The number of nitrogens with zero attached hydrogens (tertiary/aromatic N) is 1. The van der Waals surface area contributed by atoms with Crippen molar-refractivity contribution in [3.63, 3.8) is 0 Å². The second-order valence-corrected chi connectivity index (χ2v) is 5.01. The quantitative estimate of drug-likeness (QED) is 0.776. The lowest BCUT2D eigenvalue weighted by molar-refractivity contribution is 0.0909. The largest absolute Gasteiger partial charge is 0.394 e. The highest BCUT2D eigenvalue weighted by molar-refractivity contribution is 9.10. The van der Waals surface area contributed by atoms with E-state index >= 15 is 0 Å². The van der Waals surface area contributed by atoms with E-state index in [0.717, 1.165) is 5.69 Å². The molecule has 0 saturated heterocycles. The third-order valence-corrected chi connectivity index (χ3v) is 3.38. The summed E-state index contributed by atoms with van der Waals surface area (Å²) in [5, 5.41) is 18.6. The topological polar surface area (TPSA) is 78.0 Å². The Balaban J connectivity index is 2.83. The van der Waals surface area contributed by atoms with Gasteiger partial charge in [0, 0.05) is 0 Å². The first kappa shape index (κ1) is 14.2. The number of rotatable bonds is 5. The summed E-state index contributed by atoms with van der Waals surface area (Å²) in [6.07, 6.45) is 0.682. The van der Waals surface area contributed by atoms with Gasteiger partial charge in [-0.2, -0.15) is 5.10 Å². The molecule has 0 aliphatic heterocycles. The van der Waals surface area contributed by atoms with Gasteiger partial charge in [0.05, 0.1) is 22.8 Å². The number of hydrogen-bond acceptors (Lipinski definition) is 3. The molecule has 0 aliphatic rings. The summed E-state index contributed by atoms with van der Waals surface area (Å²) in [6, 6.07) is -0.228. The van der Waals surface area contributed by atoms with Crippen LogP contribution in [0.15, 0.2) is 4.47 Å². The molecular weight excluding hydrogens is 286 g/mol. The second kappa shape index (κ2) is 6.16. The van der Waals surface area contributed by atoms with Crippen LogP contribution in [0.25, 0.3) is 0 Å². The van der Waals surface area contributed by atoms with E-state index < -0.39 is 0 Å². The van der Waals surface area contributed by atoms with E-state index in [-0.39, 0.29) is 24.5 Å². The molecule has 0 fully saturated rings. The molecule has 1 amide bonds. The first-order valence-electron chi connectivity index (χ1n) is 5.66. The van der Waals surface area contributed by atoms with Crippen molar-refractivity contribution in [3.05, 3.63) is 15.9 Å². The lowest BCUT2D eigenvalue weighted by Gasteiger charge is -2.12. The number of aromatic nitrogens is 2. The molecule has 17 heavy (non-hydrogen) atoms. The molecule has 6 heteroatoms. The van der Waals surface area contributed by atoms with Crippen molar-refractivity contribution in [2.45, 2.75) is 39.2 Å². The number of H-pyrrole nitrogens is 1. The van der Waals surface area contributed by atoms with E-state index in [4.69, 9.17) is 5.11 Å². The van der Waals surface area contributed by atoms with Gasteiger partial charge in [-0.3, -0.25) is 9.89 Å². The lowest BCUT2D eigenvalue weighted by Crippen LogP contribution is -2.37. The zero-order chi connectivity index (χ0) is 13.0. The minimum absolute atomic E-state index is 0.0681. The molecule has 0 bridgehead atoms. The summed E-state index contributed by atoms with van der Waals surface area (Å²) >= 11 is 3.37. The molecule has 0 saturated carbocycles. The SMILES string of the molecule is CCC(CO)NC(=O)c1n[nH]c(C(C)C)c1Br. The first-order chi connectivity index (χ1) is 8.01. The summed E-state index contributed by atoms with van der Waals surface area (Å²) < 4.78 is 0.692. The van der Waals surface area contributed by atoms with Gasteiger partial charge in [0.2, 0.25) is 0 Å². The molecular formula is C11H18BrN3O2. The Labute approximate surface area is 109 Å². The molecule has 1 aromatic heterocycles. The number of nitrogens with one attached hydrogen (secondary N) is 2. The smallest absolute Gasteiger partial charge is 0.273 e. The third kappa shape index (κ3) is 3.29. The molecule has 1 heterocycles. The number of aromatic amines is 1. The summed E-state index contributed by atoms with van der Waals surface area (Å²) in [5.74, 6) is -0.0147. The number of amides is 1.